The van der Waals surface area contributed by atoms with Crippen LogP contribution in [0.2, 0.25) is 5.02 Å². The van der Waals surface area contributed by atoms with E-state index >= 15 is 0 Å². The van der Waals surface area contributed by atoms with Crippen molar-refractivity contribution in [3.63, 3.8) is 0 Å². The third kappa shape index (κ3) is 6.88. The SMILES string of the molecule is CC[C@@H](NC(=O)N1CC(NOc2ccccc2)=NC[C@@H](Cc2cc(Cl)ccc2OC)C1=O)C(=O)NC. The van der Waals surface area contributed by atoms with Crippen LogP contribution in [0.5, 0.6) is 11.5 Å². The molecule has 1 aliphatic heterocycles. The molecule has 11 heteroatoms. The number of hydrogen-bond acceptors (Lipinski definition) is 7. The fourth-order valence-electron chi connectivity index (χ4n) is 3.72. The van der Waals surface area contributed by atoms with E-state index in [9.17, 15) is 14.4 Å². The quantitative estimate of drug-likeness (QED) is 0.465. The van der Waals surface area contributed by atoms with Crippen molar-refractivity contribution >= 4 is 35.3 Å². The number of aliphatic imine (C=N–C) groups is 1. The molecular formula is C25H30ClN5O5. The highest BCUT2D eigenvalue weighted by Gasteiger charge is 2.34. The smallest absolute Gasteiger partial charge is 0.325 e. The van der Waals surface area contributed by atoms with Crippen LogP contribution >= 0.6 is 11.6 Å². The van der Waals surface area contributed by atoms with Gasteiger partial charge in [0.25, 0.3) is 0 Å². The molecule has 1 heterocycles. The van der Waals surface area contributed by atoms with Crippen LogP contribution in [-0.4, -0.2) is 61.9 Å². The van der Waals surface area contributed by atoms with Gasteiger partial charge in [-0.15, -0.1) is 0 Å². The van der Waals surface area contributed by atoms with Crippen LogP contribution in [0.4, 0.5) is 4.79 Å². The monoisotopic (exact) mass is 515 g/mol. The number of carbonyl (C=O) groups excluding carboxylic acids is 3. The molecule has 0 fully saturated rings. The standard InChI is InChI=1S/C25H30ClN5O5/c1-4-20(23(32)27-2)29-25(34)31-15-22(30-36-19-8-6-5-7-9-19)28-14-17(24(31)33)12-16-13-18(26)10-11-21(16)35-3/h5-11,13,17,20H,4,12,14-15H2,1-3H3,(H,27,32)(H,28,30)(H,29,34)/t17-,20-/m1/s1. The second-order valence-corrected chi connectivity index (χ2v) is 8.55. The molecule has 0 unspecified atom stereocenters. The van der Waals surface area contributed by atoms with Crippen LogP contribution in [0.25, 0.3) is 0 Å². The number of likely N-dealkylation sites (N-methyl/N-ethyl adjacent to an activating group) is 1. The first-order chi connectivity index (χ1) is 17.4. The van der Waals surface area contributed by atoms with Gasteiger partial charge in [-0.3, -0.25) is 19.5 Å². The normalized spacial score (nSPS) is 16.3. The maximum atomic E-state index is 13.6. The number of benzene rings is 2. The fraction of sp³-hybridized carbons (Fsp3) is 0.360. The van der Waals surface area contributed by atoms with E-state index in [-0.39, 0.29) is 31.3 Å². The molecule has 0 radical (unpaired) electrons. The number of methoxy groups -OCH3 is 1. The minimum atomic E-state index is -0.793. The van der Waals surface area contributed by atoms with Gasteiger partial charge in [0.1, 0.15) is 11.8 Å². The van der Waals surface area contributed by atoms with Crippen molar-refractivity contribution in [1.82, 2.24) is 21.0 Å². The van der Waals surface area contributed by atoms with Crippen molar-refractivity contribution in [2.75, 3.05) is 27.2 Å². The number of ether oxygens (including phenoxy) is 1. The lowest BCUT2D eigenvalue weighted by Gasteiger charge is -2.26. The largest absolute Gasteiger partial charge is 0.496 e. The molecule has 0 aromatic heterocycles. The van der Waals surface area contributed by atoms with Gasteiger partial charge in [-0.05, 0) is 48.7 Å². The zero-order valence-electron chi connectivity index (χ0n) is 20.4. The summed E-state index contributed by atoms with van der Waals surface area (Å²) in [5.74, 6) is -0.0741. The zero-order chi connectivity index (χ0) is 26.1. The van der Waals surface area contributed by atoms with Crippen molar-refractivity contribution < 1.29 is 24.0 Å². The highest BCUT2D eigenvalue weighted by Crippen LogP contribution is 2.27. The second kappa shape index (κ2) is 12.8. The minimum absolute atomic E-state index is 0.103. The Bertz CT molecular complexity index is 1110. The van der Waals surface area contributed by atoms with E-state index in [0.29, 0.717) is 28.5 Å². The molecule has 2 aromatic rings. The Labute approximate surface area is 215 Å². The molecule has 10 nitrogen and oxygen atoms in total. The first-order valence-corrected chi connectivity index (χ1v) is 11.9. The number of para-hydroxylation sites is 1. The Morgan fingerprint density at radius 2 is 1.97 bits per heavy atom. The molecule has 0 saturated heterocycles. The van der Waals surface area contributed by atoms with Crippen molar-refractivity contribution in [3.8, 4) is 11.5 Å². The van der Waals surface area contributed by atoms with Gasteiger partial charge in [0.15, 0.2) is 11.6 Å². The molecule has 2 aromatic carbocycles. The number of carbonyl (C=O) groups is 3. The molecule has 36 heavy (non-hydrogen) atoms. The molecule has 3 N–H and O–H groups in total. The van der Waals surface area contributed by atoms with Crippen molar-refractivity contribution in [3.05, 3.63) is 59.1 Å². The topological polar surface area (TPSA) is 121 Å². The van der Waals surface area contributed by atoms with Crippen molar-refractivity contribution in [2.24, 2.45) is 10.9 Å². The van der Waals surface area contributed by atoms with Crippen molar-refractivity contribution in [2.45, 2.75) is 25.8 Å². The first-order valence-electron chi connectivity index (χ1n) is 11.5. The summed E-state index contributed by atoms with van der Waals surface area (Å²) in [4.78, 5) is 50.0. The van der Waals surface area contributed by atoms with Gasteiger partial charge < -0.3 is 20.2 Å². The summed E-state index contributed by atoms with van der Waals surface area (Å²) < 4.78 is 5.42. The number of halogens is 1. The van der Waals surface area contributed by atoms with Crippen LogP contribution in [0.1, 0.15) is 18.9 Å². The van der Waals surface area contributed by atoms with Gasteiger partial charge in [0, 0.05) is 12.1 Å². The second-order valence-electron chi connectivity index (χ2n) is 8.11. The van der Waals surface area contributed by atoms with E-state index in [1.54, 1.807) is 37.3 Å². The van der Waals surface area contributed by atoms with Crippen LogP contribution in [0, 0.1) is 5.92 Å². The predicted octanol–water partition coefficient (Wildman–Crippen LogP) is 2.57. The fourth-order valence-corrected chi connectivity index (χ4v) is 3.91. The number of urea groups is 1. The Morgan fingerprint density at radius 3 is 2.64 bits per heavy atom. The third-order valence-electron chi connectivity index (χ3n) is 5.68. The summed E-state index contributed by atoms with van der Waals surface area (Å²) in [7, 11) is 3.02. The van der Waals surface area contributed by atoms with Gasteiger partial charge in [0.05, 0.1) is 26.1 Å². The van der Waals surface area contributed by atoms with Crippen LogP contribution in [0.3, 0.4) is 0 Å². The number of rotatable bonds is 8. The maximum Gasteiger partial charge on any atom is 0.325 e. The number of hydrogen-bond donors (Lipinski definition) is 3. The predicted molar refractivity (Wildman–Crippen MR) is 136 cm³/mol. The Kier molecular flexibility index (Phi) is 9.52. The lowest BCUT2D eigenvalue weighted by Crippen LogP contribution is -2.54. The summed E-state index contributed by atoms with van der Waals surface area (Å²) in [6.45, 7) is 1.71. The number of amides is 4. The van der Waals surface area contributed by atoms with Crippen LogP contribution in [-0.2, 0) is 16.0 Å². The van der Waals surface area contributed by atoms with E-state index in [0.717, 1.165) is 4.90 Å². The van der Waals surface area contributed by atoms with Crippen LogP contribution in [0.15, 0.2) is 53.5 Å². The Balaban J connectivity index is 1.86. The number of hydroxylamine groups is 1. The summed E-state index contributed by atoms with van der Waals surface area (Å²) in [6, 6.07) is 12.6. The molecule has 3 rings (SSSR count). The molecule has 0 saturated carbocycles. The molecule has 0 aliphatic carbocycles. The molecule has 0 bridgehead atoms. The average Bonchev–Trinajstić information content (AvgIpc) is 3.05. The number of nitrogens with one attached hydrogen (secondary N) is 3. The number of imide groups is 1. The lowest BCUT2D eigenvalue weighted by molar-refractivity contribution is -0.131. The molecule has 0 spiro atoms. The number of nitrogens with zero attached hydrogens (tertiary/aromatic N) is 2. The van der Waals surface area contributed by atoms with Gasteiger partial charge in [-0.25, -0.2) is 10.3 Å². The molecule has 4 amide bonds. The Morgan fingerprint density at radius 1 is 1.22 bits per heavy atom. The van der Waals surface area contributed by atoms with E-state index in [1.807, 2.05) is 18.2 Å². The van der Waals surface area contributed by atoms with E-state index < -0.39 is 23.9 Å². The van der Waals surface area contributed by atoms with Crippen LogP contribution < -0.4 is 25.7 Å². The summed E-state index contributed by atoms with van der Waals surface area (Å²) >= 11 is 6.17. The van der Waals surface area contributed by atoms with E-state index in [4.69, 9.17) is 21.2 Å². The van der Waals surface area contributed by atoms with Gasteiger partial charge in [-0.1, -0.05) is 36.7 Å². The highest BCUT2D eigenvalue weighted by atomic mass is 35.5. The van der Waals surface area contributed by atoms with Crippen molar-refractivity contribution in [1.29, 1.82) is 0 Å². The summed E-state index contributed by atoms with van der Waals surface area (Å²) in [5.41, 5.74) is 3.47. The highest BCUT2D eigenvalue weighted by molar-refractivity contribution is 6.30. The summed E-state index contributed by atoms with van der Waals surface area (Å²) in [5, 5.41) is 5.66. The average molecular weight is 516 g/mol. The van der Waals surface area contributed by atoms with Gasteiger partial charge in [0.2, 0.25) is 11.8 Å². The molecular weight excluding hydrogens is 486 g/mol. The third-order valence-corrected chi connectivity index (χ3v) is 5.91. The van der Waals surface area contributed by atoms with Gasteiger partial charge in [-0.2, -0.15) is 0 Å². The Hall–Kier alpha value is -3.79. The summed E-state index contributed by atoms with van der Waals surface area (Å²) in [6.07, 6.45) is 0.599. The molecule has 2 atom stereocenters. The lowest BCUT2D eigenvalue weighted by atomic mass is 9.97. The van der Waals surface area contributed by atoms with E-state index in [1.165, 1.54) is 14.2 Å². The first kappa shape index (κ1) is 26.8. The van der Waals surface area contributed by atoms with E-state index in [2.05, 4.69) is 21.1 Å². The molecule has 192 valence electrons. The number of amidine groups is 1. The molecule has 1 aliphatic rings. The zero-order valence-corrected chi connectivity index (χ0v) is 21.2. The van der Waals surface area contributed by atoms with Gasteiger partial charge >= 0.3 is 6.03 Å². The minimum Gasteiger partial charge on any atom is -0.496 e. The maximum absolute atomic E-state index is 13.6.